The van der Waals surface area contributed by atoms with Crippen molar-refractivity contribution < 1.29 is 4.74 Å². The maximum absolute atomic E-state index is 10.9. The Balaban J connectivity index is 3.36. The second-order valence-corrected chi connectivity index (χ2v) is 2.47. The van der Waals surface area contributed by atoms with E-state index in [0.717, 1.165) is 11.1 Å². The lowest BCUT2D eigenvalue weighted by atomic mass is 10.2. The quantitative estimate of drug-likeness (QED) is 0.654. The first-order valence-electron chi connectivity index (χ1n) is 3.39. The molecule has 0 saturated carbocycles. The SMILES string of the molecule is COc1[nH]c(=O)cc(C)c1C. The summed E-state index contributed by atoms with van der Waals surface area (Å²) in [4.78, 5) is 13.5. The third-order valence-electron chi connectivity index (χ3n) is 1.72. The molecule has 0 amide bonds. The number of nitrogens with one attached hydrogen (secondary N) is 1. The Bertz CT molecular complexity index is 314. The lowest BCUT2D eigenvalue weighted by Crippen LogP contribution is -2.08. The van der Waals surface area contributed by atoms with E-state index < -0.39 is 0 Å². The largest absolute Gasteiger partial charge is 0.482 e. The van der Waals surface area contributed by atoms with Crippen LogP contribution in [0.1, 0.15) is 11.1 Å². The summed E-state index contributed by atoms with van der Waals surface area (Å²) in [5.41, 5.74) is 1.81. The van der Waals surface area contributed by atoms with Crippen molar-refractivity contribution in [3.05, 3.63) is 27.5 Å². The molecule has 1 rings (SSSR count). The van der Waals surface area contributed by atoms with E-state index in [1.54, 1.807) is 6.07 Å². The molecule has 1 heterocycles. The van der Waals surface area contributed by atoms with Gasteiger partial charge in [0.1, 0.15) is 0 Å². The average molecular weight is 153 g/mol. The number of aromatic amines is 1. The van der Waals surface area contributed by atoms with Gasteiger partial charge in [-0.05, 0) is 19.4 Å². The fourth-order valence-electron chi connectivity index (χ4n) is 0.930. The molecule has 0 spiro atoms. The molecule has 0 fully saturated rings. The number of methoxy groups -OCH3 is 1. The standard InChI is InChI=1S/C8H11NO2/c1-5-4-7(10)9-8(11-3)6(5)2/h4H,1-3H3,(H,9,10). The molecule has 1 N–H and O–H groups in total. The number of ether oxygens (including phenoxy) is 1. The van der Waals surface area contributed by atoms with Crippen LogP contribution in [-0.2, 0) is 0 Å². The van der Waals surface area contributed by atoms with Gasteiger partial charge in [-0.1, -0.05) is 0 Å². The zero-order valence-corrected chi connectivity index (χ0v) is 6.89. The van der Waals surface area contributed by atoms with Crippen molar-refractivity contribution in [1.29, 1.82) is 0 Å². The zero-order chi connectivity index (χ0) is 8.43. The van der Waals surface area contributed by atoms with Gasteiger partial charge in [0.2, 0.25) is 0 Å². The van der Waals surface area contributed by atoms with Crippen LogP contribution in [0.5, 0.6) is 5.88 Å². The van der Waals surface area contributed by atoms with Gasteiger partial charge in [0.15, 0.2) is 5.88 Å². The van der Waals surface area contributed by atoms with Gasteiger partial charge in [-0.2, -0.15) is 0 Å². The van der Waals surface area contributed by atoms with E-state index in [1.165, 1.54) is 7.11 Å². The van der Waals surface area contributed by atoms with Crippen LogP contribution >= 0.6 is 0 Å². The van der Waals surface area contributed by atoms with E-state index in [2.05, 4.69) is 4.98 Å². The van der Waals surface area contributed by atoms with Crippen LogP contribution in [0.4, 0.5) is 0 Å². The van der Waals surface area contributed by atoms with Crippen LogP contribution in [0.15, 0.2) is 10.9 Å². The lowest BCUT2D eigenvalue weighted by molar-refractivity contribution is 0.393. The topological polar surface area (TPSA) is 42.1 Å². The van der Waals surface area contributed by atoms with E-state index in [4.69, 9.17) is 4.74 Å². The molecule has 0 bridgehead atoms. The molecule has 0 aromatic carbocycles. The maximum atomic E-state index is 10.9. The number of pyridine rings is 1. The Kier molecular flexibility index (Phi) is 1.98. The Morgan fingerprint density at radius 2 is 2.09 bits per heavy atom. The van der Waals surface area contributed by atoms with Crippen LogP contribution in [0.2, 0.25) is 0 Å². The predicted molar refractivity (Wildman–Crippen MR) is 43.1 cm³/mol. The molecular weight excluding hydrogens is 142 g/mol. The van der Waals surface area contributed by atoms with Crippen molar-refractivity contribution in [3.63, 3.8) is 0 Å². The summed E-state index contributed by atoms with van der Waals surface area (Å²) in [5.74, 6) is 0.551. The van der Waals surface area contributed by atoms with Crippen LogP contribution in [0.25, 0.3) is 0 Å². The highest BCUT2D eigenvalue weighted by atomic mass is 16.5. The van der Waals surface area contributed by atoms with Crippen molar-refractivity contribution in [2.45, 2.75) is 13.8 Å². The summed E-state index contributed by atoms with van der Waals surface area (Å²) in [6, 6.07) is 1.55. The monoisotopic (exact) mass is 153 g/mol. The molecule has 0 atom stereocenters. The normalized spacial score (nSPS) is 9.73. The van der Waals surface area contributed by atoms with Crippen molar-refractivity contribution in [1.82, 2.24) is 4.98 Å². The molecule has 3 nitrogen and oxygen atoms in total. The minimum Gasteiger partial charge on any atom is -0.482 e. The van der Waals surface area contributed by atoms with Gasteiger partial charge in [-0.3, -0.25) is 9.78 Å². The summed E-state index contributed by atoms with van der Waals surface area (Å²) in [6.07, 6.45) is 0. The molecule has 11 heavy (non-hydrogen) atoms. The Labute approximate surface area is 65.0 Å². The molecular formula is C8H11NO2. The summed E-state index contributed by atoms with van der Waals surface area (Å²) < 4.78 is 4.95. The van der Waals surface area contributed by atoms with Gasteiger partial charge >= 0.3 is 0 Å². The number of aromatic nitrogens is 1. The smallest absolute Gasteiger partial charge is 0.250 e. The van der Waals surface area contributed by atoms with Gasteiger partial charge in [-0.25, -0.2) is 0 Å². The second kappa shape index (κ2) is 2.78. The van der Waals surface area contributed by atoms with Crippen LogP contribution in [0.3, 0.4) is 0 Å². The van der Waals surface area contributed by atoms with E-state index >= 15 is 0 Å². The lowest BCUT2D eigenvalue weighted by Gasteiger charge is -2.04. The molecule has 3 heteroatoms. The third-order valence-corrected chi connectivity index (χ3v) is 1.72. The number of rotatable bonds is 1. The van der Waals surface area contributed by atoms with Crippen LogP contribution in [0, 0.1) is 13.8 Å². The second-order valence-electron chi connectivity index (χ2n) is 2.47. The summed E-state index contributed by atoms with van der Waals surface area (Å²) in [5, 5.41) is 0. The number of hydrogen-bond acceptors (Lipinski definition) is 2. The average Bonchev–Trinajstić information content (AvgIpc) is 1.96. The highest BCUT2D eigenvalue weighted by Gasteiger charge is 2.01. The Hall–Kier alpha value is -1.25. The molecule has 0 aliphatic heterocycles. The summed E-state index contributed by atoms with van der Waals surface area (Å²) in [7, 11) is 1.54. The molecule has 0 aliphatic carbocycles. The molecule has 1 aromatic rings. The summed E-state index contributed by atoms with van der Waals surface area (Å²) in [6.45, 7) is 3.79. The molecule has 60 valence electrons. The molecule has 0 radical (unpaired) electrons. The molecule has 0 aliphatic rings. The predicted octanol–water partition coefficient (Wildman–Crippen LogP) is 1.00. The third kappa shape index (κ3) is 1.42. The number of H-pyrrole nitrogens is 1. The van der Waals surface area contributed by atoms with Gasteiger partial charge in [0.25, 0.3) is 5.56 Å². The fourth-order valence-corrected chi connectivity index (χ4v) is 0.930. The zero-order valence-electron chi connectivity index (χ0n) is 6.89. The number of aryl methyl sites for hydroxylation is 1. The van der Waals surface area contributed by atoms with Crippen molar-refractivity contribution in [2.75, 3.05) is 7.11 Å². The van der Waals surface area contributed by atoms with Crippen molar-refractivity contribution >= 4 is 0 Å². The molecule has 0 saturated heterocycles. The molecule has 1 aromatic heterocycles. The van der Waals surface area contributed by atoms with Crippen LogP contribution in [-0.4, -0.2) is 12.1 Å². The van der Waals surface area contributed by atoms with Crippen LogP contribution < -0.4 is 10.3 Å². The minimum atomic E-state index is -0.120. The van der Waals surface area contributed by atoms with Gasteiger partial charge in [0, 0.05) is 11.6 Å². The molecule has 0 unspecified atom stereocenters. The maximum Gasteiger partial charge on any atom is 0.250 e. The highest BCUT2D eigenvalue weighted by Crippen LogP contribution is 2.13. The van der Waals surface area contributed by atoms with Crippen molar-refractivity contribution in [3.8, 4) is 5.88 Å². The Morgan fingerprint density at radius 3 is 2.64 bits per heavy atom. The Morgan fingerprint density at radius 1 is 1.45 bits per heavy atom. The van der Waals surface area contributed by atoms with Crippen molar-refractivity contribution in [2.24, 2.45) is 0 Å². The van der Waals surface area contributed by atoms with Gasteiger partial charge in [-0.15, -0.1) is 0 Å². The van der Waals surface area contributed by atoms with E-state index in [0.29, 0.717) is 5.88 Å². The summed E-state index contributed by atoms with van der Waals surface area (Å²) >= 11 is 0. The van der Waals surface area contributed by atoms with E-state index in [-0.39, 0.29) is 5.56 Å². The first-order chi connectivity index (χ1) is 5.15. The first kappa shape index (κ1) is 7.85. The highest BCUT2D eigenvalue weighted by molar-refractivity contribution is 5.31. The van der Waals surface area contributed by atoms with Gasteiger partial charge < -0.3 is 4.74 Å². The fraction of sp³-hybridized carbons (Fsp3) is 0.375. The number of hydrogen-bond donors (Lipinski definition) is 1. The van der Waals surface area contributed by atoms with E-state index in [9.17, 15) is 4.79 Å². The first-order valence-corrected chi connectivity index (χ1v) is 3.39. The minimum absolute atomic E-state index is 0.120. The van der Waals surface area contributed by atoms with E-state index in [1.807, 2.05) is 13.8 Å². The van der Waals surface area contributed by atoms with Gasteiger partial charge in [0.05, 0.1) is 7.11 Å².